The zero-order valence-corrected chi connectivity index (χ0v) is 22.5. The standard InChI is InChI=1S/C10H8ClIO4.C8H6ClIO3.Li.H2O/c1-5(13)15-8-3-7(12)4-9(10(8)11)16-6(2)14;1-4(11)13-7-3-5(10)2-6(12)8(7)9;;/h3-4H,1-2H3;2-3,12H,1H3;;1H2/q;;+1;/p-1. The molecule has 0 spiro atoms. The van der Waals surface area contributed by atoms with Gasteiger partial charge in [0, 0.05) is 27.9 Å². The molecule has 0 aliphatic rings. The minimum Gasteiger partial charge on any atom is -0.870 e. The number of hydrogen-bond acceptors (Lipinski definition) is 8. The molecule has 0 aliphatic heterocycles. The van der Waals surface area contributed by atoms with Gasteiger partial charge in [-0.1, -0.05) is 23.2 Å². The van der Waals surface area contributed by atoms with E-state index in [9.17, 15) is 19.5 Å². The van der Waals surface area contributed by atoms with Gasteiger partial charge in [-0.3, -0.25) is 14.4 Å². The van der Waals surface area contributed by atoms with Crippen LogP contribution in [0, 0.1) is 7.14 Å². The van der Waals surface area contributed by atoms with E-state index < -0.39 is 17.9 Å². The summed E-state index contributed by atoms with van der Waals surface area (Å²) in [5.41, 5.74) is 0. The van der Waals surface area contributed by atoms with Gasteiger partial charge in [0.2, 0.25) is 0 Å². The van der Waals surface area contributed by atoms with Crippen molar-refractivity contribution < 1.29 is 58.0 Å². The van der Waals surface area contributed by atoms with E-state index in [0.717, 1.165) is 7.14 Å². The summed E-state index contributed by atoms with van der Waals surface area (Å²) in [5, 5.41) is 9.42. The maximum atomic E-state index is 10.8. The summed E-state index contributed by atoms with van der Waals surface area (Å²) in [7, 11) is 0. The van der Waals surface area contributed by atoms with E-state index in [4.69, 9.17) is 37.4 Å². The number of hydrogen-bond donors (Lipinski definition) is 1. The van der Waals surface area contributed by atoms with Crippen LogP contribution in [-0.2, 0) is 14.4 Å². The fourth-order valence-corrected chi connectivity index (χ4v) is 3.26. The third-order valence-electron chi connectivity index (χ3n) is 2.72. The summed E-state index contributed by atoms with van der Waals surface area (Å²) in [4.78, 5) is 32.3. The van der Waals surface area contributed by atoms with Gasteiger partial charge in [-0.2, -0.15) is 0 Å². The Kier molecular flexibility index (Phi) is 15.8. The quantitative estimate of drug-likeness (QED) is 0.225. The van der Waals surface area contributed by atoms with Gasteiger partial charge in [0.1, 0.15) is 15.8 Å². The number of ether oxygens (including phenoxy) is 3. The molecule has 0 radical (unpaired) electrons. The van der Waals surface area contributed by atoms with Gasteiger partial charge in [0.15, 0.2) is 17.2 Å². The number of carbonyl (C=O) groups is 3. The van der Waals surface area contributed by atoms with E-state index in [2.05, 4.69) is 0 Å². The van der Waals surface area contributed by atoms with Gasteiger partial charge in [-0.15, -0.1) is 0 Å². The Morgan fingerprint density at radius 3 is 1.35 bits per heavy atom. The van der Waals surface area contributed by atoms with E-state index in [0.29, 0.717) is 0 Å². The largest absolute Gasteiger partial charge is 1.00 e. The number of aromatic hydroxyl groups is 1. The number of carbonyl (C=O) groups excluding carboxylic acids is 3. The molecule has 2 N–H and O–H groups in total. The monoisotopic (exact) mass is 690 g/mol. The Balaban J connectivity index is 0. The van der Waals surface area contributed by atoms with Crippen molar-refractivity contribution in [3.8, 4) is 23.0 Å². The van der Waals surface area contributed by atoms with E-state index in [1.54, 1.807) is 18.2 Å². The Morgan fingerprint density at radius 2 is 1.03 bits per heavy atom. The van der Waals surface area contributed by atoms with Gasteiger partial charge < -0.3 is 24.8 Å². The number of esters is 3. The molecule has 0 bridgehead atoms. The Labute approximate surface area is 227 Å². The fourth-order valence-electron chi connectivity index (χ4n) is 1.78. The third kappa shape index (κ3) is 11.6. The maximum absolute atomic E-state index is 10.8. The average molecular weight is 691 g/mol. The molecule has 8 nitrogen and oxygen atoms in total. The Morgan fingerprint density at radius 1 is 0.742 bits per heavy atom. The smallest absolute Gasteiger partial charge is 0.870 e. The minimum absolute atomic E-state index is 0. The average Bonchev–Trinajstić information content (AvgIpc) is 2.55. The molecule has 0 aromatic heterocycles. The predicted molar refractivity (Wildman–Crippen MR) is 126 cm³/mol. The molecule has 0 heterocycles. The van der Waals surface area contributed by atoms with Gasteiger partial charge in [-0.05, 0) is 69.4 Å². The van der Waals surface area contributed by atoms with Gasteiger partial charge in [-0.25, -0.2) is 0 Å². The maximum Gasteiger partial charge on any atom is 1.00 e. The molecule has 0 saturated carbocycles. The normalized spacial score (nSPS) is 9.13. The van der Waals surface area contributed by atoms with Crippen LogP contribution in [0.1, 0.15) is 20.8 Å². The first-order valence-corrected chi connectivity index (χ1v) is 10.5. The predicted octanol–water partition coefficient (Wildman–Crippen LogP) is 2.20. The Hall–Kier alpha value is -0.753. The summed E-state index contributed by atoms with van der Waals surface area (Å²) in [6.07, 6.45) is 0. The molecule has 31 heavy (non-hydrogen) atoms. The molecule has 0 atom stereocenters. The third-order valence-corrected chi connectivity index (χ3v) is 4.71. The molecule has 2 rings (SSSR count). The van der Waals surface area contributed by atoms with Crippen LogP contribution < -0.4 is 33.1 Å². The first-order valence-electron chi connectivity index (χ1n) is 7.63. The molecule has 13 heteroatoms. The van der Waals surface area contributed by atoms with Crippen LogP contribution in [0.2, 0.25) is 10.0 Å². The number of phenolic OH excluding ortho intramolecular Hbond substituents is 1. The zero-order chi connectivity index (χ0) is 22.3. The van der Waals surface area contributed by atoms with Crippen LogP contribution in [0.3, 0.4) is 0 Å². The van der Waals surface area contributed by atoms with Crippen molar-refractivity contribution in [3.63, 3.8) is 0 Å². The second-order valence-corrected chi connectivity index (χ2v) is 8.48. The van der Waals surface area contributed by atoms with Crippen molar-refractivity contribution in [2.75, 3.05) is 0 Å². The zero-order valence-electron chi connectivity index (χ0n) is 16.7. The first-order chi connectivity index (χ1) is 13.4. The van der Waals surface area contributed by atoms with Gasteiger partial charge in [0.25, 0.3) is 0 Å². The summed E-state index contributed by atoms with van der Waals surface area (Å²) in [6.45, 7) is 3.80. The van der Waals surface area contributed by atoms with Crippen LogP contribution >= 0.6 is 68.4 Å². The molecular weight excluding hydrogens is 676 g/mol. The van der Waals surface area contributed by atoms with Crippen molar-refractivity contribution in [1.82, 2.24) is 0 Å². The van der Waals surface area contributed by atoms with Crippen molar-refractivity contribution in [1.29, 1.82) is 0 Å². The number of benzene rings is 2. The van der Waals surface area contributed by atoms with Crippen LogP contribution in [0.15, 0.2) is 24.3 Å². The second-order valence-electron chi connectivity index (χ2n) is 5.23. The SMILES string of the molecule is CC(=O)Oc1cc(I)cc(O)c1Cl.CC(=O)Oc1cc(I)cc(OC(C)=O)c1Cl.[Li+].[OH-]. The fraction of sp³-hybridized carbons (Fsp3) is 0.167. The molecule has 2 aromatic rings. The number of rotatable bonds is 3. The van der Waals surface area contributed by atoms with Crippen LogP contribution in [0.5, 0.6) is 23.0 Å². The molecule has 0 aliphatic carbocycles. The van der Waals surface area contributed by atoms with Crippen LogP contribution in [0.25, 0.3) is 0 Å². The number of halogens is 4. The first kappa shape index (κ1) is 32.4. The molecule has 2 aromatic carbocycles. The van der Waals surface area contributed by atoms with E-state index >= 15 is 0 Å². The minimum atomic E-state index is -0.488. The summed E-state index contributed by atoms with van der Waals surface area (Å²) in [6, 6.07) is 6.22. The molecular formula is C18H15Cl2I2LiO8. The van der Waals surface area contributed by atoms with Crippen molar-refractivity contribution >= 4 is 86.3 Å². The van der Waals surface area contributed by atoms with Gasteiger partial charge >= 0.3 is 36.8 Å². The van der Waals surface area contributed by atoms with E-state index in [1.165, 1.54) is 26.8 Å². The molecule has 0 amide bonds. The van der Waals surface area contributed by atoms with Crippen LogP contribution in [-0.4, -0.2) is 28.5 Å². The Bertz CT molecular complexity index is 919. The van der Waals surface area contributed by atoms with E-state index in [-0.39, 0.29) is 57.4 Å². The summed E-state index contributed by atoms with van der Waals surface area (Å²) >= 11 is 15.6. The second kappa shape index (κ2) is 15.2. The molecule has 0 fully saturated rings. The van der Waals surface area contributed by atoms with Crippen molar-refractivity contribution in [3.05, 3.63) is 41.5 Å². The number of phenols is 1. The van der Waals surface area contributed by atoms with E-state index in [1.807, 2.05) is 45.2 Å². The van der Waals surface area contributed by atoms with Crippen molar-refractivity contribution in [2.24, 2.45) is 0 Å². The van der Waals surface area contributed by atoms with Crippen molar-refractivity contribution in [2.45, 2.75) is 20.8 Å². The van der Waals surface area contributed by atoms with Crippen LogP contribution in [0.4, 0.5) is 0 Å². The molecule has 0 unspecified atom stereocenters. The topological polar surface area (TPSA) is 129 Å². The summed E-state index contributed by atoms with van der Waals surface area (Å²) < 4.78 is 16.0. The van der Waals surface area contributed by atoms with Gasteiger partial charge in [0.05, 0.1) is 0 Å². The molecule has 0 saturated heterocycles. The molecule has 164 valence electrons. The summed E-state index contributed by atoms with van der Waals surface area (Å²) in [5.74, 6) is -1.00.